The van der Waals surface area contributed by atoms with E-state index in [0.717, 1.165) is 22.2 Å². The summed E-state index contributed by atoms with van der Waals surface area (Å²) < 4.78 is 0. The fourth-order valence-electron chi connectivity index (χ4n) is 2.98. The highest BCUT2D eigenvalue weighted by Crippen LogP contribution is 2.32. The summed E-state index contributed by atoms with van der Waals surface area (Å²) in [5, 5.41) is 10.7. The van der Waals surface area contributed by atoms with Crippen LogP contribution in [0, 0.1) is 6.92 Å². The van der Waals surface area contributed by atoms with Gasteiger partial charge in [-0.15, -0.1) is 0 Å². The molecule has 0 unspecified atom stereocenters. The van der Waals surface area contributed by atoms with E-state index in [9.17, 15) is 5.11 Å². The van der Waals surface area contributed by atoms with Gasteiger partial charge >= 0.3 is 0 Å². The second-order valence-corrected chi connectivity index (χ2v) is 5.99. The smallest absolute Gasteiger partial charge is 0.115 e. The third-order valence-electron chi connectivity index (χ3n) is 4.21. The zero-order chi connectivity index (χ0) is 16.5. The topological polar surface area (TPSA) is 33.1 Å². The van der Waals surface area contributed by atoms with Crippen LogP contribution in [0.4, 0.5) is 0 Å². The monoisotopic (exact) mass is 311 g/mol. The Kier molecular flexibility index (Phi) is 3.51. The number of aromatic hydroxyl groups is 1. The number of phenolic OH excluding ortho intramolecular Hbond substituents is 1. The van der Waals surface area contributed by atoms with Crippen molar-refractivity contribution in [1.82, 2.24) is 4.98 Å². The van der Waals surface area contributed by atoms with Gasteiger partial charge in [-0.1, -0.05) is 42.5 Å². The van der Waals surface area contributed by atoms with Crippen LogP contribution in [-0.4, -0.2) is 10.1 Å². The van der Waals surface area contributed by atoms with Crippen LogP contribution >= 0.6 is 0 Å². The van der Waals surface area contributed by atoms with Gasteiger partial charge in [-0.05, 0) is 60.0 Å². The van der Waals surface area contributed by atoms with Gasteiger partial charge in [0.15, 0.2) is 0 Å². The molecule has 4 aromatic rings. The molecule has 3 aromatic carbocycles. The molecule has 0 saturated heterocycles. The van der Waals surface area contributed by atoms with Crippen molar-refractivity contribution in [3.8, 4) is 28.1 Å². The summed E-state index contributed by atoms with van der Waals surface area (Å²) >= 11 is 0. The summed E-state index contributed by atoms with van der Waals surface area (Å²) in [5.74, 6) is 0.263. The molecule has 0 radical (unpaired) electrons. The van der Waals surface area contributed by atoms with Gasteiger partial charge in [0, 0.05) is 10.9 Å². The lowest BCUT2D eigenvalue weighted by atomic mass is 9.97. The minimum Gasteiger partial charge on any atom is -0.508 e. The quantitative estimate of drug-likeness (QED) is 0.524. The molecule has 1 heterocycles. The number of hydrogen-bond acceptors (Lipinski definition) is 2. The van der Waals surface area contributed by atoms with E-state index >= 15 is 0 Å². The van der Waals surface area contributed by atoms with Gasteiger partial charge < -0.3 is 5.11 Å². The number of pyridine rings is 1. The molecule has 0 aliphatic rings. The van der Waals surface area contributed by atoms with Crippen molar-refractivity contribution in [2.75, 3.05) is 0 Å². The zero-order valence-electron chi connectivity index (χ0n) is 13.4. The Hall–Kier alpha value is -3.13. The first-order valence-electron chi connectivity index (χ1n) is 7.97. The molecule has 0 saturated carbocycles. The Bertz CT molecular complexity index is 1010. The summed E-state index contributed by atoms with van der Waals surface area (Å²) in [6, 6.07) is 26.1. The number of fused-ring (bicyclic) bond motifs is 1. The average Bonchev–Trinajstić information content (AvgIpc) is 2.62. The molecule has 0 aliphatic carbocycles. The third kappa shape index (κ3) is 2.63. The Balaban J connectivity index is 2.01. The van der Waals surface area contributed by atoms with Crippen LogP contribution in [0.3, 0.4) is 0 Å². The number of aromatic nitrogens is 1. The lowest BCUT2D eigenvalue weighted by Gasteiger charge is -2.11. The first-order chi connectivity index (χ1) is 11.7. The van der Waals surface area contributed by atoms with E-state index in [2.05, 4.69) is 55.5 Å². The van der Waals surface area contributed by atoms with Crippen molar-refractivity contribution in [2.45, 2.75) is 6.92 Å². The minimum absolute atomic E-state index is 0.263. The number of benzene rings is 3. The van der Waals surface area contributed by atoms with E-state index in [4.69, 9.17) is 4.98 Å². The van der Waals surface area contributed by atoms with Gasteiger partial charge in [0.1, 0.15) is 5.75 Å². The number of nitrogens with zero attached hydrogens (tertiary/aromatic N) is 1. The standard InChI is InChI=1S/C22H17NO/c1-15-7-12-19-20(16-5-3-2-4-6-16)14-21(23-22(19)13-15)17-8-10-18(24)11-9-17/h2-14,24H,1H3. The van der Waals surface area contributed by atoms with Crippen LogP contribution in [0.1, 0.15) is 5.56 Å². The normalized spacial score (nSPS) is 10.9. The van der Waals surface area contributed by atoms with Gasteiger partial charge in [-0.2, -0.15) is 0 Å². The van der Waals surface area contributed by atoms with Crippen molar-refractivity contribution in [3.63, 3.8) is 0 Å². The van der Waals surface area contributed by atoms with E-state index in [0.29, 0.717) is 0 Å². The summed E-state index contributed by atoms with van der Waals surface area (Å²) in [7, 11) is 0. The highest BCUT2D eigenvalue weighted by atomic mass is 16.3. The highest BCUT2D eigenvalue weighted by Gasteiger charge is 2.09. The first kappa shape index (κ1) is 14.5. The molecule has 0 bridgehead atoms. The predicted octanol–water partition coefficient (Wildman–Crippen LogP) is 5.58. The van der Waals surface area contributed by atoms with E-state index in [-0.39, 0.29) is 5.75 Å². The lowest BCUT2D eigenvalue weighted by Crippen LogP contribution is -1.90. The molecule has 2 heteroatoms. The van der Waals surface area contributed by atoms with Crippen LogP contribution < -0.4 is 0 Å². The molecule has 24 heavy (non-hydrogen) atoms. The number of aryl methyl sites for hydroxylation is 1. The molecule has 1 aromatic heterocycles. The zero-order valence-corrected chi connectivity index (χ0v) is 13.4. The third-order valence-corrected chi connectivity index (χ3v) is 4.21. The van der Waals surface area contributed by atoms with Gasteiger partial charge in [-0.3, -0.25) is 0 Å². The molecule has 0 fully saturated rings. The van der Waals surface area contributed by atoms with Crippen LogP contribution in [0.25, 0.3) is 33.3 Å². The molecule has 116 valence electrons. The molecule has 0 amide bonds. The number of rotatable bonds is 2. The SMILES string of the molecule is Cc1ccc2c(-c3ccccc3)cc(-c3ccc(O)cc3)nc2c1. The summed E-state index contributed by atoms with van der Waals surface area (Å²) in [5.41, 5.74) is 6.43. The van der Waals surface area contributed by atoms with E-state index < -0.39 is 0 Å². The van der Waals surface area contributed by atoms with Crippen LogP contribution in [0.2, 0.25) is 0 Å². The first-order valence-corrected chi connectivity index (χ1v) is 7.97. The molecular weight excluding hydrogens is 294 g/mol. The van der Waals surface area contributed by atoms with Crippen molar-refractivity contribution in [3.05, 3.63) is 84.4 Å². The van der Waals surface area contributed by atoms with E-state index in [1.54, 1.807) is 12.1 Å². The second-order valence-electron chi connectivity index (χ2n) is 5.99. The van der Waals surface area contributed by atoms with Gasteiger partial charge in [0.25, 0.3) is 0 Å². The average molecular weight is 311 g/mol. The summed E-state index contributed by atoms with van der Waals surface area (Å²) in [4.78, 5) is 4.84. The maximum absolute atomic E-state index is 9.52. The fraction of sp³-hybridized carbons (Fsp3) is 0.0455. The maximum atomic E-state index is 9.52. The van der Waals surface area contributed by atoms with E-state index in [1.165, 1.54) is 16.7 Å². The van der Waals surface area contributed by atoms with Crippen molar-refractivity contribution >= 4 is 10.9 Å². The Morgan fingerprint density at radius 2 is 1.50 bits per heavy atom. The Labute approximate surface area is 141 Å². The van der Waals surface area contributed by atoms with Gasteiger partial charge in [0.05, 0.1) is 11.2 Å². The maximum Gasteiger partial charge on any atom is 0.115 e. The minimum atomic E-state index is 0.263. The van der Waals surface area contributed by atoms with Crippen LogP contribution in [0.5, 0.6) is 5.75 Å². The van der Waals surface area contributed by atoms with Crippen molar-refractivity contribution in [1.29, 1.82) is 0 Å². The summed E-state index contributed by atoms with van der Waals surface area (Å²) in [6.07, 6.45) is 0. The molecule has 2 nitrogen and oxygen atoms in total. The Morgan fingerprint density at radius 1 is 0.750 bits per heavy atom. The molecule has 0 atom stereocenters. The van der Waals surface area contributed by atoms with Crippen LogP contribution in [0.15, 0.2) is 78.9 Å². The highest BCUT2D eigenvalue weighted by molar-refractivity contribution is 5.97. The van der Waals surface area contributed by atoms with Gasteiger partial charge in [0.2, 0.25) is 0 Å². The molecule has 0 spiro atoms. The summed E-state index contributed by atoms with van der Waals surface area (Å²) in [6.45, 7) is 2.08. The second kappa shape index (κ2) is 5.82. The molecule has 4 rings (SSSR count). The predicted molar refractivity (Wildman–Crippen MR) is 99.0 cm³/mol. The largest absolute Gasteiger partial charge is 0.508 e. The Morgan fingerprint density at radius 3 is 2.25 bits per heavy atom. The van der Waals surface area contributed by atoms with Gasteiger partial charge in [-0.25, -0.2) is 4.98 Å². The van der Waals surface area contributed by atoms with Crippen molar-refractivity contribution in [2.24, 2.45) is 0 Å². The molecule has 1 N–H and O–H groups in total. The van der Waals surface area contributed by atoms with E-state index in [1.807, 2.05) is 18.2 Å². The molecular formula is C22H17NO. The lowest BCUT2D eigenvalue weighted by molar-refractivity contribution is 0.475. The number of phenols is 1. The number of hydrogen-bond donors (Lipinski definition) is 1. The van der Waals surface area contributed by atoms with Crippen molar-refractivity contribution < 1.29 is 5.11 Å². The van der Waals surface area contributed by atoms with Crippen LogP contribution in [-0.2, 0) is 0 Å². The fourth-order valence-corrected chi connectivity index (χ4v) is 2.98. The molecule has 0 aliphatic heterocycles.